The van der Waals surface area contributed by atoms with Gasteiger partial charge in [-0.15, -0.1) is 0 Å². The highest BCUT2D eigenvalue weighted by molar-refractivity contribution is 5.90. The summed E-state index contributed by atoms with van der Waals surface area (Å²) in [5.41, 5.74) is 2.22. The molecule has 0 bridgehead atoms. The van der Waals surface area contributed by atoms with Crippen LogP contribution in [0, 0.1) is 5.92 Å². The van der Waals surface area contributed by atoms with Crippen LogP contribution >= 0.6 is 0 Å². The molecule has 2 heteroatoms. The number of hydrogen-bond donors (Lipinski definition) is 0. The van der Waals surface area contributed by atoms with E-state index in [2.05, 4.69) is 12.1 Å². The molecule has 0 amide bonds. The summed E-state index contributed by atoms with van der Waals surface area (Å²) in [5, 5.41) is 0. The number of hydrogen-bond acceptors (Lipinski definition) is 2. The zero-order valence-electron chi connectivity index (χ0n) is 12.2. The Morgan fingerprint density at radius 3 is 2.33 bits per heavy atom. The van der Waals surface area contributed by atoms with Crippen molar-refractivity contribution in [1.82, 2.24) is 0 Å². The Morgan fingerprint density at radius 1 is 1.10 bits per heavy atom. The molecule has 3 unspecified atom stereocenters. The fraction of sp³-hybridized carbons (Fsp3) is 0.316. The highest BCUT2D eigenvalue weighted by Gasteiger charge is 2.46. The number of rotatable bonds is 6. The first kappa shape index (κ1) is 14.0. The van der Waals surface area contributed by atoms with Gasteiger partial charge in [0.1, 0.15) is 6.10 Å². The molecule has 1 aliphatic carbocycles. The average Bonchev–Trinajstić information content (AvgIpc) is 3.34. The van der Waals surface area contributed by atoms with Gasteiger partial charge in [-0.25, -0.2) is 0 Å². The molecule has 2 nitrogen and oxygen atoms in total. The molecule has 1 saturated carbocycles. The number of benzene rings is 2. The Morgan fingerprint density at radius 2 is 1.71 bits per heavy atom. The largest absolute Gasteiger partial charge is 0.366 e. The van der Waals surface area contributed by atoms with Crippen molar-refractivity contribution in [3.05, 3.63) is 71.8 Å². The van der Waals surface area contributed by atoms with Crippen molar-refractivity contribution in [3.63, 3.8) is 0 Å². The molecule has 3 atom stereocenters. The van der Waals surface area contributed by atoms with Crippen molar-refractivity contribution in [2.75, 3.05) is 6.61 Å². The van der Waals surface area contributed by atoms with E-state index in [1.807, 2.05) is 55.5 Å². The fourth-order valence-corrected chi connectivity index (χ4v) is 2.91. The van der Waals surface area contributed by atoms with E-state index in [-0.39, 0.29) is 11.7 Å². The van der Waals surface area contributed by atoms with Gasteiger partial charge < -0.3 is 4.74 Å². The number of carbonyl (C=O) groups is 1. The Labute approximate surface area is 125 Å². The van der Waals surface area contributed by atoms with Crippen LogP contribution in [0.3, 0.4) is 0 Å². The molecule has 21 heavy (non-hydrogen) atoms. The van der Waals surface area contributed by atoms with Crippen LogP contribution in [0.25, 0.3) is 0 Å². The highest BCUT2D eigenvalue weighted by atomic mass is 16.5. The highest BCUT2D eigenvalue weighted by Crippen LogP contribution is 2.50. The van der Waals surface area contributed by atoms with E-state index in [1.165, 1.54) is 5.56 Å². The monoisotopic (exact) mass is 280 g/mol. The lowest BCUT2D eigenvalue weighted by atomic mass is 10.00. The lowest BCUT2D eigenvalue weighted by Gasteiger charge is -2.16. The Balaban J connectivity index is 1.75. The van der Waals surface area contributed by atoms with Crippen molar-refractivity contribution in [3.8, 4) is 0 Å². The van der Waals surface area contributed by atoms with Crippen molar-refractivity contribution in [2.24, 2.45) is 5.92 Å². The van der Waals surface area contributed by atoms with Gasteiger partial charge in [0.25, 0.3) is 0 Å². The standard InChI is InChI=1S/C19H20O2/c1-2-21-19(15-11-7-4-8-12-15)18(20)17-13-16(17)14-9-5-3-6-10-14/h3-12,16-17,19H,2,13H2,1H3. The van der Waals surface area contributed by atoms with Gasteiger partial charge in [-0.1, -0.05) is 60.7 Å². The molecule has 108 valence electrons. The molecule has 0 N–H and O–H groups in total. The van der Waals surface area contributed by atoms with Gasteiger partial charge in [0.05, 0.1) is 0 Å². The summed E-state index contributed by atoms with van der Waals surface area (Å²) in [4.78, 5) is 12.8. The second-order valence-corrected chi connectivity index (χ2v) is 5.51. The topological polar surface area (TPSA) is 26.3 Å². The first-order valence-electron chi connectivity index (χ1n) is 7.56. The van der Waals surface area contributed by atoms with Gasteiger partial charge in [-0.05, 0) is 30.4 Å². The molecular weight excluding hydrogens is 260 g/mol. The SMILES string of the molecule is CCOC(C(=O)C1CC1c1ccccc1)c1ccccc1. The zero-order valence-corrected chi connectivity index (χ0v) is 12.2. The summed E-state index contributed by atoms with van der Waals surface area (Å²) in [7, 11) is 0. The number of ether oxygens (including phenoxy) is 1. The van der Waals surface area contributed by atoms with Gasteiger partial charge in [0.15, 0.2) is 5.78 Å². The van der Waals surface area contributed by atoms with Gasteiger partial charge in [0.2, 0.25) is 0 Å². The Kier molecular flexibility index (Phi) is 4.16. The normalized spacial score (nSPS) is 21.8. The second kappa shape index (κ2) is 6.23. The zero-order chi connectivity index (χ0) is 14.7. The lowest BCUT2D eigenvalue weighted by molar-refractivity contribution is -0.132. The van der Waals surface area contributed by atoms with Crippen LogP contribution in [0.2, 0.25) is 0 Å². The minimum absolute atomic E-state index is 0.101. The number of ketones is 1. The van der Waals surface area contributed by atoms with E-state index < -0.39 is 6.10 Å². The molecule has 1 aliphatic rings. The van der Waals surface area contributed by atoms with E-state index in [4.69, 9.17) is 4.74 Å². The third kappa shape index (κ3) is 3.06. The van der Waals surface area contributed by atoms with Gasteiger partial charge >= 0.3 is 0 Å². The molecule has 2 aromatic rings. The summed E-state index contributed by atoms with van der Waals surface area (Å²) >= 11 is 0. The van der Waals surface area contributed by atoms with Crippen molar-refractivity contribution >= 4 is 5.78 Å². The molecule has 2 aromatic carbocycles. The molecular formula is C19H20O2. The first-order valence-corrected chi connectivity index (χ1v) is 7.56. The van der Waals surface area contributed by atoms with Crippen molar-refractivity contribution in [1.29, 1.82) is 0 Å². The quantitative estimate of drug-likeness (QED) is 0.795. The van der Waals surface area contributed by atoms with Crippen LogP contribution in [0.15, 0.2) is 60.7 Å². The summed E-state index contributed by atoms with van der Waals surface area (Å²) in [6.07, 6.45) is 0.522. The van der Waals surface area contributed by atoms with E-state index in [1.54, 1.807) is 0 Å². The smallest absolute Gasteiger partial charge is 0.169 e. The molecule has 0 saturated heterocycles. The summed E-state index contributed by atoms with van der Waals surface area (Å²) in [6, 6.07) is 20.1. The van der Waals surface area contributed by atoms with Crippen molar-refractivity contribution < 1.29 is 9.53 Å². The maximum atomic E-state index is 12.8. The average molecular weight is 280 g/mol. The third-order valence-electron chi connectivity index (χ3n) is 4.08. The van der Waals surface area contributed by atoms with Gasteiger partial charge in [-0.3, -0.25) is 4.79 Å². The Hall–Kier alpha value is -1.93. The van der Waals surface area contributed by atoms with E-state index in [0.29, 0.717) is 12.5 Å². The molecule has 0 aromatic heterocycles. The van der Waals surface area contributed by atoms with Gasteiger partial charge in [0, 0.05) is 12.5 Å². The maximum absolute atomic E-state index is 12.8. The molecule has 1 fully saturated rings. The maximum Gasteiger partial charge on any atom is 0.169 e. The van der Waals surface area contributed by atoms with Crippen LogP contribution in [-0.4, -0.2) is 12.4 Å². The summed E-state index contributed by atoms with van der Waals surface area (Å²) in [5.74, 6) is 0.687. The fourth-order valence-electron chi connectivity index (χ4n) is 2.91. The minimum atomic E-state index is -0.421. The van der Waals surface area contributed by atoms with E-state index >= 15 is 0 Å². The van der Waals surface area contributed by atoms with Crippen molar-refractivity contribution in [2.45, 2.75) is 25.4 Å². The first-order chi connectivity index (χ1) is 10.3. The lowest BCUT2D eigenvalue weighted by Crippen LogP contribution is -2.18. The van der Waals surface area contributed by atoms with E-state index in [0.717, 1.165) is 12.0 Å². The predicted octanol–water partition coefficient (Wildman–Crippen LogP) is 4.14. The Bertz CT molecular complexity index is 591. The number of carbonyl (C=O) groups excluding carboxylic acids is 1. The minimum Gasteiger partial charge on any atom is -0.366 e. The van der Waals surface area contributed by atoms with Crippen LogP contribution in [0.5, 0.6) is 0 Å². The van der Waals surface area contributed by atoms with Crippen LogP contribution < -0.4 is 0 Å². The molecule has 0 radical (unpaired) electrons. The van der Waals surface area contributed by atoms with Crippen LogP contribution in [0.1, 0.15) is 36.5 Å². The predicted molar refractivity (Wildman–Crippen MR) is 83.1 cm³/mol. The molecule has 3 rings (SSSR count). The summed E-state index contributed by atoms with van der Waals surface area (Å²) in [6.45, 7) is 2.48. The van der Waals surface area contributed by atoms with Crippen LogP contribution in [0.4, 0.5) is 0 Å². The number of Topliss-reactive ketones (excluding diaryl/α,β-unsaturated/α-hetero) is 1. The van der Waals surface area contributed by atoms with E-state index in [9.17, 15) is 4.79 Å². The van der Waals surface area contributed by atoms with Crippen LogP contribution in [-0.2, 0) is 9.53 Å². The van der Waals surface area contributed by atoms with Gasteiger partial charge in [-0.2, -0.15) is 0 Å². The summed E-state index contributed by atoms with van der Waals surface area (Å²) < 4.78 is 5.73. The molecule has 0 spiro atoms. The third-order valence-corrected chi connectivity index (χ3v) is 4.08. The molecule has 0 heterocycles. The second-order valence-electron chi connectivity index (χ2n) is 5.51. The molecule has 0 aliphatic heterocycles.